The molecule has 1 amide bonds. The number of nitrogens with one attached hydrogen (secondary N) is 1. The Morgan fingerprint density at radius 3 is 2.18 bits per heavy atom. The van der Waals surface area contributed by atoms with Crippen LogP contribution in [0.25, 0.3) is 0 Å². The Balaban J connectivity index is 1.51. The van der Waals surface area contributed by atoms with Gasteiger partial charge in [0.05, 0.1) is 10.5 Å². The summed E-state index contributed by atoms with van der Waals surface area (Å²) in [4.78, 5) is 12.2. The highest BCUT2D eigenvalue weighted by Crippen LogP contribution is 2.32. The molecule has 0 atom stereocenters. The Hall–Kier alpha value is -2.39. The molecule has 0 spiro atoms. The second-order valence-electron chi connectivity index (χ2n) is 9.69. The third-order valence-electron chi connectivity index (χ3n) is 6.16. The van der Waals surface area contributed by atoms with Crippen molar-refractivity contribution in [3.63, 3.8) is 0 Å². The molecule has 1 N–H and O–H groups in total. The molecule has 2 aromatic rings. The lowest BCUT2D eigenvalue weighted by atomic mass is 9.86. The number of sulfonamides is 1. The van der Waals surface area contributed by atoms with Crippen molar-refractivity contribution in [3.05, 3.63) is 65.2 Å². The van der Waals surface area contributed by atoms with E-state index in [0.29, 0.717) is 31.9 Å². The van der Waals surface area contributed by atoms with Gasteiger partial charge < -0.3 is 5.32 Å². The summed E-state index contributed by atoms with van der Waals surface area (Å²) in [7, 11) is -4.06. The highest BCUT2D eigenvalue weighted by atomic mass is 32.2. The number of carbonyl (C=O) groups is 1. The summed E-state index contributed by atoms with van der Waals surface area (Å²) in [6.45, 7) is 7.11. The molecule has 0 radical (unpaired) electrons. The number of benzene rings is 2. The molecular weight excluding hydrogens is 465 g/mol. The predicted octanol–water partition coefficient (Wildman–Crippen LogP) is 4.76. The molecule has 5 nitrogen and oxygen atoms in total. The first-order valence-electron chi connectivity index (χ1n) is 11.3. The van der Waals surface area contributed by atoms with E-state index in [1.165, 1.54) is 5.56 Å². The maximum atomic E-state index is 13.0. The van der Waals surface area contributed by atoms with E-state index in [9.17, 15) is 26.4 Å². The molecule has 0 aliphatic carbocycles. The van der Waals surface area contributed by atoms with E-state index >= 15 is 0 Å². The molecule has 186 valence electrons. The minimum absolute atomic E-state index is 0.0796. The van der Waals surface area contributed by atoms with Gasteiger partial charge in [-0.2, -0.15) is 17.5 Å². The van der Waals surface area contributed by atoms with Crippen LogP contribution in [0.5, 0.6) is 0 Å². The number of halogens is 3. The standard InChI is InChI=1S/C25H31F3N2O3S/c1-24(2,3)20-9-7-18(8-10-20)11-14-29-23(31)19-12-15-30(16-13-19)34(32,33)22-6-4-5-21(17-22)25(26,27)28/h4-10,17,19H,11-16H2,1-3H3,(H,29,31). The average molecular weight is 497 g/mol. The van der Waals surface area contributed by atoms with Gasteiger partial charge in [-0.3, -0.25) is 4.79 Å². The third-order valence-corrected chi connectivity index (χ3v) is 8.05. The summed E-state index contributed by atoms with van der Waals surface area (Å²) in [5.41, 5.74) is 1.44. The van der Waals surface area contributed by atoms with Gasteiger partial charge in [0, 0.05) is 25.6 Å². The fourth-order valence-corrected chi connectivity index (χ4v) is 5.50. The van der Waals surface area contributed by atoms with E-state index in [1.54, 1.807) is 0 Å². The molecule has 2 aromatic carbocycles. The van der Waals surface area contributed by atoms with E-state index < -0.39 is 21.8 Å². The van der Waals surface area contributed by atoms with Gasteiger partial charge in [-0.25, -0.2) is 8.42 Å². The predicted molar refractivity (Wildman–Crippen MR) is 125 cm³/mol. The van der Waals surface area contributed by atoms with Crippen LogP contribution in [-0.4, -0.2) is 38.3 Å². The largest absolute Gasteiger partial charge is 0.416 e. The van der Waals surface area contributed by atoms with E-state index in [1.807, 2.05) is 0 Å². The number of amides is 1. The molecule has 9 heteroatoms. The van der Waals surface area contributed by atoms with Gasteiger partial charge in [-0.05, 0) is 54.0 Å². The Labute approximate surface area is 199 Å². The molecule has 0 bridgehead atoms. The molecule has 0 unspecified atom stereocenters. The zero-order valence-electron chi connectivity index (χ0n) is 19.7. The molecule has 0 saturated carbocycles. The van der Waals surface area contributed by atoms with E-state index in [0.717, 1.165) is 28.1 Å². The SMILES string of the molecule is CC(C)(C)c1ccc(CCNC(=O)C2CCN(S(=O)(=O)c3cccc(C(F)(F)F)c3)CC2)cc1. The van der Waals surface area contributed by atoms with Crippen LogP contribution >= 0.6 is 0 Å². The zero-order chi connectivity index (χ0) is 25.1. The summed E-state index contributed by atoms with van der Waals surface area (Å²) < 4.78 is 65.7. The van der Waals surface area contributed by atoms with Gasteiger partial charge in [-0.1, -0.05) is 51.1 Å². The summed E-state index contributed by atoms with van der Waals surface area (Å²) in [5.74, 6) is -0.446. The van der Waals surface area contributed by atoms with Crippen LogP contribution in [0.2, 0.25) is 0 Å². The van der Waals surface area contributed by atoms with Gasteiger partial charge in [0.1, 0.15) is 0 Å². The van der Waals surface area contributed by atoms with Crippen LogP contribution in [0, 0.1) is 5.92 Å². The normalized spacial score (nSPS) is 16.4. The molecular formula is C25H31F3N2O3S. The van der Waals surface area contributed by atoms with Gasteiger partial charge in [0.2, 0.25) is 15.9 Å². The van der Waals surface area contributed by atoms with Gasteiger partial charge >= 0.3 is 6.18 Å². The minimum Gasteiger partial charge on any atom is -0.356 e. The van der Waals surface area contributed by atoms with Crippen LogP contribution in [0.4, 0.5) is 13.2 Å². The van der Waals surface area contributed by atoms with Gasteiger partial charge in [0.25, 0.3) is 0 Å². The number of hydrogen-bond donors (Lipinski definition) is 1. The number of piperidine rings is 1. The maximum absolute atomic E-state index is 13.0. The first-order valence-corrected chi connectivity index (χ1v) is 12.8. The topological polar surface area (TPSA) is 66.5 Å². The van der Waals surface area contributed by atoms with Crippen molar-refractivity contribution in [2.75, 3.05) is 19.6 Å². The van der Waals surface area contributed by atoms with Crippen molar-refractivity contribution >= 4 is 15.9 Å². The minimum atomic E-state index is -4.62. The molecule has 1 fully saturated rings. The monoisotopic (exact) mass is 496 g/mol. The Morgan fingerprint density at radius 1 is 1.00 bits per heavy atom. The highest BCUT2D eigenvalue weighted by Gasteiger charge is 2.35. The fourth-order valence-electron chi connectivity index (χ4n) is 3.99. The molecule has 34 heavy (non-hydrogen) atoms. The molecule has 1 aliphatic heterocycles. The summed E-state index contributed by atoms with van der Waals surface area (Å²) in [5, 5.41) is 2.92. The maximum Gasteiger partial charge on any atom is 0.416 e. The van der Waals surface area contributed by atoms with Crippen molar-refractivity contribution in [2.24, 2.45) is 5.92 Å². The molecule has 1 aliphatic rings. The lowest BCUT2D eigenvalue weighted by Crippen LogP contribution is -2.43. The van der Waals surface area contributed by atoms with Crippen LogP contribution < -0.4 is 5.32 Å². The third kappa shape index (κ3) is 6.39. The smallest absolute Gasteiger partial charge is 0.356 e. The lowest BCUT2D eigenvalue weighted by Gasteiger charge is -2.30. The van der Waals surface area contributed by atoms with E-state index in [4.69, 9.17) is 0 Å². The highest BCUT2D eigenvalue weighted by molar-refractivity contribution is 7.89. The first-order chi connectivity index (χ1) is 15.8. The molecule has 3 rings (SSSR count). The number of carbonyl (C=O) groups excluding carboxylic acids is 1. The fraction of sp³-hybridized carbons (Fsp3) is 0.480. The van der Waals surface area contributed by atoms with Gasteiger partial charge in [-0.15, -0.1) is 0 Å². The van der Waals surface area contributed by atoms with Crippen molar-refractivity contribution in [1.82, 2.24) is 9.62 Å². The lowest BCUT2D eigenvalue weighted by molar-refractivity contribution is -0.137. The average Bonchev–Trinajstić information content (AvgIpc) is 2.78. The van der Waals surface area contributed by atoms with Crippen LogP contribution in [0.1, 0.15) is 50.3 Å². The number of hydrogen-bond acceptors (Lipinski definition) is 3. The van der Waals surface area contributed by atoms with Crippen LogP contribution in [-0.2, 0) is 32.8 Å². The quantitative estimate of drug-likeness (QED) is 0.627. The van der Waals surface area contributed by atoms with Gasteiger partial charge in [0.15, 0.2) is 0 Å². The number of rotatable bonds is 6. The van der Waals surface area contributed by atoms with Crippen LogP contribution in [0.15, 0.2) is 53.4 Å². The number of nitrogens with zero attached hydrogens (tertiary/aromatic N) is 1. The Bertz CT molecular complexity index is 1100. The van der Waals surface area contributed by atoms with Crippen LogP contribution in [0.3, 0.4) is 0 Å². The summed E-state index contributed by atoms with van der Waals surface area (Å²) >= 11 is 0. The van der Waals surface area contributed by atoms with E-state index in [2.05, 4.69) is 50.4 Å². The van der Waals surface area contributed by atoms with Crippen molar-refractivity contribution < 1.29 is 26.4 Å². The second kappa shape index (κ2) is 10.1. The molecule has 1 saturated heterocycles. The molecule has 1 heterocycles. The van der Waals surface area contributed by atoms with Crippen molar-refractivity contribution in [2.45, 2.75) is 56.5 Å². The van der Waals surface area contributed by atoms with E-state index in [-0.39, 0.29) is 35.2 Å². The second-order valence-corrected chi connectivity index (χ2v) is 11.6. The Morgan fingerprint density at radius 2 is 1.62 bits per heavy atom. The first kappa shape index (κ1) is 26.2. The number of alkyl halides is 3. The molecule has 0 aromatic heterocycles. The van der Waals surface area contributed by atoms with Crippen molar-refractivity contribution in [3.8, 4) is 0 Å². The summed E-state index contributed by atoms with van der Waals surface area (Å²) in [6, 6.07) is 12.1. The van der Waals surface area contributed by atoms with Crippen molar-refractivity contribution in [1.29, 1.82) is 0 Å². The summed E-state index contributed by atoms with van der Waals surface area (Å²) in [6.07, 6.45) is -3.28. The zero-order valence-corrected chi connectivity index (χ0v) is 20.5. The Kier molecular flexibility index (Phi) is 7.77.